The van der Waals surface area contributed by atoms with Crippen LogP contribution in [0.25, 0.3) is 0 Å². The molecule has 0 bridgehead atoms. The zero-order chi connectivity index (χ0) is 14.4. The van der Waals surface area contributed by atoms with E-state index in [1.54, 1.807) is 16.4 Å². The first-order valence-corrected chi connectivity index (χ1v) is 8.29. The number of hydrogen-bond donors (Lipinski definition) is 1. The van der Waals surface area contributed by atoms with Crippen LogP contribution in [0.2, 0.25) is 0 Å². The molecule has 0 radical (unpaired) electrons. The highest BCUT2D eigenvalue weighted by Crippen LogP contribution is 2.46. The molecule has 3 heterocycles. The summed E-state index contributed by atoms with van der Waals surface area (Å²) in [6.07, 6.45) is 3.02. The largest absolute Gasteiger partial charge is 0.481 e. The second kappa shape index (κ2) is 4.87. The number of methoxy groups -OCH3 is 1. The molecule has 0 saturated carbocycles. The van der Waals surface area contributed by atoms with Crippen molar-refractivity contribution in [2.75, 3.05) is 26.7 Å². The van der Waals surface area contributed by atoms with E-state index in [1.807, 2.05) is 4.31 Å². The number of pyridine rings is 1. The maximum atomic E-state index is 12.6. The molecule has 0 aromatic carbocycles. The van der Waals surface area contributed by atoms with Gasteiger partial charge in [0.25, 0.3) is 0 Å². The number of nitrogens with zero attached hydrogens (tertiary/aromatic N) is 3. The van der Waals surface area contributed by atoms with Gasteiger partial charge in [0.2, 0.25) is 15.9 Å². The normalized spacial score (nSPS) is 25.6. The monoisotopic (exact) mass is 315 g/mol. The Morgan fingerprint density at radius 3 is 2.60 bits per heavy atom. The molecular weight excluding hydrogens is 298 g/mol. The molecule has 2 aliphatic heterocycles. The quantitative estimate of drug-likeness (QED) is 0.659. The van der Waals surface area contributed by atoms with Crippen molar-refractivity contribution in [2.24, 2.45) is 0 Å². The minimum atomic E-state index is -3.44. The van der Waals surface area contributed by atoms with Crippen LogP contribution in [0.15, 0.2) is 23.2 Å². The Morgan fingerprint density at radius 2 is 2.05 bits per heavy atom. The number of aromatic nitrogens is 1. The molecule has 8 heteroatoms. The fourth-order valence-corrected chi connectivity index (χ4v) is 4.64. The molecule has 0 N–H and O–H groups in total. The third-order valence-electron chi connectivity index (χ3n) is 4.04. The molecule has 0 aliphatic carbocycles. The van der Waals surface area contributed by atoms with Crippen LogP contribution < -0.4 is 4.74 Å². The summed E-state index contributed by atoms with van der Waals surface area (Å²) in [5.74, 6) is 0.410. The zero-order valence-corrected chi connectivity index (χ0v) is 12.9. The van der Waals surface area contributed by atoms with E-state index in [9.17, 15) is 8.42 Å². The van der Waals surface area contributed by atoms with Crippen molar-refractivity contribution in [3.63, 3.8) is 0 Å². The van der Waals surface area contributed by atoms with E-state index >= 15 is 0 Å². The Kier molecular flexibility index (Phi) is 3.44. The van der Waals surface area contributed by atoms with E-state index in [2.05, 4.69) is 17.8 Å². The van der Waals surface area contributed by atoms with E-state index in [-0.39, 0.29) is 10.4 Å². The smallest absolute Gasteiger partial charge is 0.245 e. The number of piperidine rings is 1. The maximum Gasteiger partial charge on any atom is 0.245 e. The van der Waals surface area contributed by atoms with E-state index < -0.39 is 10.0 Å². The Balaban J connectivity index is 1.79. The van der Waals surface area contributed by atoms with Gasteiger partial charge in [-0.15, -0.1) is 0 Å². The maximum absolute atomic E-state index is 12.6. The molecule has 1 unspecified atom stereocenters. The lowest BCUT2D eigenvalue weighted by Crippen LogP contribution is -2.36. The lowest BCUT2D eigenvalue weighted by molar-refractivity contribution is 0.303. The number of rotatable bonds is 3. The summed E-state index contributed by atoms with van der Waals surface area (Å²) >= 11 is 4.30. The topological polar surface area (TPSA) is 62.5 Å². The van der Waals surface area contributed by atoms with Gasteiger partial charge in [-0.2, -0.15) is 4.31 Å². The van der Waals surface area contributed by atoms with Crippen molar-refractivity contribution in [1.82, 2.24) is 13.6 Å². The standard InChI is InChI=1S/C12H17N3O3S2/c1-18-11-3-2-10(8-13-11)20(16,17)15-9-12(15)4-6-14(19)7-5-12/h2-3,8,19H,4-7,9H2,1H3. The molecule has 0 amide bonds. The van der Waals surface area contributed by atoms with Crippen molar-refractivity contribution < 1.29 is 13.2 Å². The Morgan fingerprint density at radius 1 is 1.35 bits per heavy atom. The zero-order valence-electron chi connectivity index (χ0n) is 11.2. The van der Waals surface area contributed by atoms with Crippen LogP contribution in [-0.2, 0) is 10.0 Å². The SMILES string of the molecule is COc1ccc(S(=O)(=O)N2CC23CCN(S)CC3)cn1. The molecule has 1 aromatic heterocycles. The minimum absolute atomic E-state index is 0.196. The molecular formula is C12H17N3O3S2. The van der Waals surface area contributed by atoms with E-state index in [1.165, 1.54) is 13.3 Å². The molecule has 2 saturated heterocycles. The molecule has 1 spiro atoms. The van der Waals surface area contributed by atoms with Gasteiger partial charge in [0.15, 0.2) is 0 Å². The van der Waals surface area contributed by atoms with Gasteiger partial charge in [-0.3, -0.25) is 4.31 Å². The first-order chi connectivity index (χ1) is 9.48. The summed E-state index contributed by atoms with van der Waals surface area (Å²) in [6, 6.07) is 3.11. The Labute approximate surface area is 124 Å². The molecule has 1 atom stereocenters. The van der Waals surface area contributed by atoms with Gasteiger partial charge in [0.1, 0.15) is 4.90 Å². The van der Waals surface area contributed by atoms with Crippen LogP contribution in [0.3, 0.4) is 0 Å². The van der Waals surface area contributed by atoms with E-state index in [4.69, 9.17) is 4.74 Å². The van der Waals surface area contributed by atoms with Gasteiger partial charge in [-0.1, -0.05) is 12.8 Å². The Hall–Kier alpha value is -0.830. The second-order valence-electron chi connectivity index (χ2n) is 5.23. The van der Waals surface area contributed by atoms with E-state index in [0.29, 0.717) is 12.4 Å². The lowest BCUT2D eigenvalue weighted by atomic mass is 9.99. The predicted octanol–water partition coefficient (Wildman–Crippen LogP) is 0.774. The molecule has 110 valence electrons. The lowest BCUT2D eigenvalue weighted by Gasteiger charge is -2.28. The highest BCUT2D eigenvalue weighted by Gasteiger charge is 2.59. The number of thiol groups is 1. The van der Waals surface area contributed by atoms with E-state index in [0.717, 1.165) is 25.9 Å². The van der Waals surface area contributed by atoms with Gasteiger partial charge in [0.05, 0.1) is 18.8 Å². The summed E-state index contributed by atoms with van der Waals surface area (Å²) in [5.41, 5.74) is -0.196. The molecule has 20 heavy (non-hydrogen) atoms. The minimum Gasteiger partial charge on any atom is -0.481 e. The van der Waals surface area contributed by atoms with Gasteiger partial charge < -0.3 is 4.74 Å². The third kappa shape index (κ3) is 2.30. The van der Waals surface area contributed by atoms with Crippen LogP contribution >= 0.6 is 12.8 Å². The average molecular weight is 315 g/mol. The highest BCUT2D eigenvalue weighted by molar-refractivity contribution is 7.89. The fraction of sp³-hybridized carbons (Fsp3) is 0.583. The third-order valence-corrected chi connectivity index (χ3v) is 6.37. The number of ether oxygens (including phenoxy) is 1. The van der Waals surface area contributed by atoms with Crippen molar-refractivity contribution in [2.45, 2.75) is 23.3 Å². The first kappa shape index (κ1) is 14.1. The van der Waals surface area contributed by atoms with Crippen LogP contribution in [0.5, 0.6) is 5.88 Å². The first-order valence-electron chi connectivity index (χ1n) is 6.45. The number of sulfonamides is 1. The molecule has 2 aliphatic rings. The summed E-state index contributed by atoms with van der Waals surface area (Å²) in [6.45, 7) is 2.23. The van der Waals surface area contributed by atoms with Crippen LogP contribution in [0.1, 0.15) is 12.8 Å². The summed E-state index contributed by atoms with van der Waals surface area (Å²) < 4.78 is 33.6. The highest BCUT2D eigenvalue weighted by atomic mass is 32.2. The van der Waals surface area contributed by atoms with Crippen molar-refractivity contribution in [3.8, 4) is 5.88 Å². The van der Waals surface area contributed by atoms with Crippen LogP contribution in [0, 0.1) is 0 Å². The summed E-state index contributed by atoms with van der Waals surface area (Å²) in [4.78, 5) is 4.20. The molecule has 6 nitrogen and oxygen atoms in total. The number of hydrogen-bond acceptors (Lipinski definition) is 6. The Bertz CT molecular complexity index is 595. The second-order valence-corrected chi connectivity index (χ2v) is 7.65. The average Bonchev–Trinajstić information content (AvgIpc) is 3.18. The molecule has 3 rings (SSSR count). The van der Waals surface area contributed by atoms with Gasteiger partial charge in [-0.05, 0) is 18.9 Å². The summed E-state index contributed by atoms with van der Waals surface area (Å²) in [5, 5.41) is 0. The van der Waals surface area contributed by atoms with Crippen LogP contribution in [-0.4, -0.2) is 54.3 Å². The fourth-order valence-electron chi connectivity index (χ4n) is 2.66. The predicted molar refractivity (Wildman–Crippen MR) is 77.2 cm³/mol. The van der Waals surface area contributed by atoms with Crippen molar-refractivity contribution in [3.05, 3.63) is 18.3 Å². The van der Waals surface area contributed by atoms with Crippen LogP contribution in [0.4, 0.5) is 0 Å². The van der Waals surface area contributed by atoms with Crippen molar-refractivity contribution >= 4 is 22.8 Å². The van der Waals surface area contributed by atoms with Gasteiger partial charge in [-0.25, -0.2) is 13.4 Å². The molecule has 1 aromatic rings. The van der Waals surface area contributed by atoms with Gasteiger partial charge in [0, 0.05) is 25.7 Å². The van der Waals surface area contributed by atoms with Gasteiger partial charge >= 0.3 is 0 Å². The summed E-state index contributed by atoms with van der Waals surface area (Å²) in [7, 11) is -1.94. The van der Waals surface area contributed by atoms with Crippen molar-refractivity contribution in [1.29, 1.82) is 0 Å². The molecule has 2 fully saturated rings.